The number of fused-ring (bicyclic) bond motifs is 21. The summed E-state index contributed by atoms with van der Waals surface area (Å²) in [5.41, 5.74) is 13.6. The Morgan fingerprint density at radius 1 is 0.153 bits per heavy atom. The van der Waals surface area contributed by atoms with Gasteiger partial charge in [-0.3, -0.25) is 33.4 Å². The third kappa shape index (κ3) is 23.9. The van der Waals surface area contributed by atoms with Crippen LogP contribution in [0.2, 0.25) is 0 Å². The van der Waals surface area contributed by atoms with Crippen molar-refractivity contribution in [1.82, 2.24) is 0 Å². The average molecular weight is 2370 g/mol. The van der Waals surface area contributed by atoms with Gasteiger partial charge >= 0.3 is 0 Å². The van der Waals surface area contributed by atoms with Gasteiger partial charge in [0.05, 0.1) is 0 Å². The van der Waals surface area contributed by atoms with Gasteiger partial charge in [0, 0.05) is 196 Å². The van der Waals surface area contributed by atoms with Crippen LogP contribution in [0.4, 0.5) is 0 Å². The van der Waals surface area contributed by atoms with Crippen molar-refractivity contribution < 1.29 is 196 Å². The van der Waals surface area contributed by atoms with Crippen molar-refractivity contribution in [2.75, 3.05) is 0 Å². The molecule has 0 spiro atoms. The number of benzene rings is 27. The SMILES string of the molecule is C[C-]=C(C)c1[c-]c2cc3cc4cc5ccccc5cc4cc3cc2cc1.C[C-]=C(C)c1[c-]c2cc3cc4ccccc4cc3cc2cc1.C[C-]=C(C)c1[c-]cc2cc3cc4cc5ccccc5cc4cc3cc2c1.C[C-]=C(C)c1[c-]cc2cc3cc4ccccc4cc3cc2c1.C[C-]=C(C)c1[c-]ccc2cc3cc4cc5ccccc5cc4cc3cc12.C[C-]=C(C)c1[c-]ccc2cc3cc4ccccc4cc3cc12.[Y].[Y].[Y].[Y].[Y].[Y]. The van der Waals surface area contributed by atoms with Crippen LogP contribution in [0.5, 0.6) is 0 Å². The van der Waals surface area contributed by atoms with E-state index < -0.39 is 0 Å². The fourth-order valence-electron chi connectivity index (χ4n) is 20.3. The Morgan fingerprint density at radius 3 is 0.560 bits per heavy atom. The fourth-order valence-corrected chi connectivity index (χ4v) is 20.3. The summed E-state index contributed by atoms with van der Waals surface area (Å²) in [6.45, 7) is 24.2. The van der Waals surface area contributed by atoms with E-state index in [2.05, 4.69) is 503 Å². The molecule has 0 aliphatic heterocycles. The summed E-state index contributed by atoms with van der Waals surface area (Å²) >= 11 is 0. The van der Waals surface area contributed by atoms with Crippen molar-refractivity contribution in [1.29, 1.82) is 0 Å². The summed E-state index contributed by atoms with van der Waals surface area (Å²) < 4.78 is 0. The van der Waals surface area contributed by atoms with E-state index in [4.69, 9.17) is 0 Å². The van der Waals surface area contributed by atoms with Crippen LogP contribution in [-0.4, -0.2) is 0 Å². The van der Waals surface area contributed by atoms with Crippen LogP contribution in [0, 0.1) is 72.9 Å². The van der Waals surface area contributed by atoms with E-state index in [1.807, 2.05) is 53.7 Å². The molecule has 0 bridgehead atoms. The first kappa shape index (κ1) is 112. The third-order valence-electron chi connectivity index (χ3n) is 29.1. The van der Waals surface area contributed by atoms with E-state index in [1.54, 1.807) is 0 Å². The number of hydrogen-bond donors (Lipinski definition) is 0. The molecule has 0 nitrogen and oxygen atoms in total. The fraction of sp³-hybridized carbons (Fsp3) is 0.0833. The van der Waals surface area contributed by atoms with E-state index in [1.165, 1.54) is 215 Å². The molecule has 0 saturated heterocycles. The van der Waals surface area contributed by atoms with Crippen molar-refractivity contribution in [3.8, 4) is 0 Å². The molecule has 6 heteroatoms. The van der Waals surface area contributed by atoms with Gasteiger partial charge in [-0.1, -0.05) is 228 Å². The van der Waals surface area contributed by atoms with Gasteiger partial charge < -0.3 is 69.9 Å². The Kier molecular flexibility index (Phi) is 37.1. The molecular formula is C144H102Y6-12. The van der Waals surface area contributed by atoms with Gasteiger partial charge in [-0.25, -0.2) is 60.7 Å². The summed E-state index contributed by atoms with van der Waals surface area (Å²) in [6.07, 6.45) is 19.3. The van der Waals surface area contributed by atoms with E-state index in [-0.39, 0.29) is 196 Å². The van der Waals surface area contributed by atoms with Gasteiger partial charge in [-0.2, -0.15) is 35.0 Å². The second kappa shape index (κ2) is 49.7. The van der Waals surface area contributed by atoms with E-state index >= 15 is 0 Å². The summed E-state index contributed by atoms with van der Waals surface area (Å²) in [5.74, 6) is 0. The zero-order valence-corrected chi connectivity index (χ0v) is 104. The maximum atomic E-state index is 3.55. The topological polar surface area (TPSA) is 0 Å². The molecule has 27 rings (SSSR count). The van der Waals surface area contributed by atoms with Crippen molar-refractivity contribution in [3.05, 3.63) is 507 Å². The molecule has 0 unspecified atom stereocenters. The van der Waals surface area contributed by atoms with Crippen LogP contribution >= 0.6 is 0 Å². The third-order valence-corrected chi connectivity index (χ3v) is 29.1. The van der Waals surface area contributed by atoms with Gasteiger partial charge in [0.1, 0.15) is 0 Å². The Morgan fingerprint density at radius 2 is 0.333 bits per heavy atom. The van der Waals surface area contributed by atoms with Crippen molar-refractivity contribution >= 4 is 260 Å². The van der Waals surface area contributed by atoms with Crippen LogP contribution in [0.15, 0.2) is 400 Å². The molecule has 0 aromatic heterocycles. The van der Waals surface area contributed by atoms with Gasteiger partial charge in [-0.05, 0) is 248 Å². The molecule has 0 aliphatic rings. The van der Waals surface area contributed by atoms with E-state index in [9.17, 15) is 0 Å². The number of rotatable bonds is 6. The first-order chi connectivity index (χ1) is 70.4. The molecule has 27 aromatic carbocycles. The predicted octanol–water partition coefficient (Wildman–Crippen LogP) is 40.5. The van der Waals surface area contributed by atoms with Crippen LogP contribution in [0.3, 0.4) is 0 Å². The second-order valence-corrected chi connectivity index (χ2v) is 38.0. The Hall–Kier alpha value is -10.5. The monoisotopic (exact) mass is 2360 g/mol. The Bertz CT molecular complexity index is 9660. The molecular weight excluding hydrogens is 2260 g/mol. The molecule has 0 amide bonds. The molecule has 150 heavy (non-hydrogen) atoms. The quantitative estimate of drug-likeness (QED) is 0.115. The molecule has 0 N–H and O–H groups in total. The molecule has 27 aromatic rings. The van der Waals surface area contributed by atoms with Crippen molar-refractivity contribution in [2.24, 2.45) is 0 Å². The maximum absolute atomic E-state index is 3.55. The second-order valence-electron chi connectivity index (χ2n) is 38.0. The standard InChI is InChI=1S/3C26H18.3C22H16.6Y/c1-3-17(2)25-10-6-9-20-13-23-14-21-11-18-7-4-5-8-19(18)12-22(21)15-24(23)16-26(20)25;2*1-3-17(2)18-8-9-21-13-25-15-23-11-19-6-4-5-7-20(19)12-24(23)16-26(25)14-22(21)10-18;1-3-15(2)21-10-6-9-18-13-19-11-16-7-4-5-8-17(16)12-20(19)14-22(18)21;2*1-3-15(2)16-8-9-19-13-21-11-17-6-4-5-7-18(17)12-22(21)14-20(19)10-16;;;;;;/h4-9,11-16H,1-2H3;4-7,9-16H,1-2H3;4-9,11-16H,1-2H3;4-9,11-14H,1-2H3;4-7,9-14H,1-2H3;4-9,11-14H,1-2H3;;;;;;/q6*-2;;;;;;. The Labute approximate surface area is 1030 Å². The first-order valence-electron chi connectivity index (χ1n) is 49.5. The maximum Gasteiger partial charge on any atom is 0 e. The molecule has 0 saturated carbocycles. The normalized spacial score (nSPS) is 11.9. The first-order valence-corrected chi connectivity index (χ1v) is 49.5. The smallest absolute Gasteiger partial charge is 0 e. The van der Waals surface area contributed by atoms with E-state index in [0.29, 0.717) is 0 Å². The van der Waals surface area contributed by atoms with Crippen molar-refractivity contribution in [3.63, 3.8) is 0 Å². The average Bonchev–Trinajstić information content (AvgIpc) is 0.582. The summed E-state index contributed by atoms with van der Waals surface area (Å²) in [4.78, 5) is 0. The number of allylic oxidation sites excluding steroid dienone is 12. The predicted molar refractivity (Wildman–Crippen MR) is 627 cm³/mol. The van der Waals surface area contributed by atoms with Gasteiger partial charge in [-0.15, -0.1) is 175 Å². The van der Waals surface area contributed by atoms with E-state index in [0.717, 1.165) is 77.6 Å². The zero-order valence-electron chi connectivity index (χ0n) is 86.6. The Balaban J connectivity index is 0.000000127. The largest absolute Gasteiger partial charge is 0.327 e. The summed E-state index contributed by atoms with van der Waals surface area (Å²) in [7, 11) is 0. The minimum absolute atomic E-state index is 0. The van der Waals surface area contributed by atoms with Crippen molar-refractivity contribution in [2.45, 2.75) is 83.1 Å². The van der Waals surface area contributed by atoms with Crippen LogP contribution in [0.25, 0.3) is 260 Å². The van der Waals surface area contributed by atoms with Crippen LogP contribution in [-0.2, 0) is 196 Å². The summed E-state index contributed by atoms with van der Waals surface area (Å²) in [5, 5.41) is 53.2. The van der Waals surface area contributed by atoms with Crippen LogP contribution in [0.1, 0.15) is 116 Å². The minimum Gasteiger partial charge on any atom is -0.327 e. The molecule has 0 fully saturated rings. The molecule has 708 valence electrons. The van der Waals surface area contributed by atoms with Gasteiger partial charge in [0.2, 0.25) is 0 Å². The van der Waals surface area contributed by atoms with Crippen LogP contribution < -0.4 is 0 Å². The zero-order chi connectivity index (χ0) is 98.3. The summed E-state index contributed by atoms with van der Waals surface area (Å²) in [6, 6.07) is 166. The minimum atomic E-state index is 0. The molecule has 0 aliphatic carbocycles. The molecule has 6 radical (unpaired) electrons. The van der Waals surface area contributed by atoms with Gasteiger partial charge in [0.15, 0.2) is 0 Å². The molecule has 0 heterocycles. The van der Waals surface area contributed by atoms with Gasteiger partial charge in [0.25, 0.3) is 0 Å². The number of hydrogen-bond acceptors (Lipinski definition) is 0. The molecule has 0 atom stereocenters.